The molecule has 3 N–H and O–H groups in total. The highest BCUT2D eigenvalue weighted by Gasteiger charge is 2.49. The molecule has 0 aromatic carbocycles. The molecule has 92 valence electrons. The van der Waals surface area contributed by atoms with Crippen LogP contribution in [0.5, 0.6) is 0 Å². The first-order chi connectivity index (χ1) is 7.63. The number of carboxylic acids is 1. The van der Waals surface area contributed by atoms with E-state index in [-0.39, 0.29) is 5.92 Å². The second-order valence-electron chi connectivity index (χ2n) is 4.86. The lowest BCUT2D eigenvalue weighted by atomic mass is 9.94. The maximum Gasteiger partial charge on any atom is 0.325 e. The van der Waals surface area contributed by atoms with Gasteiger partial charge in [0.15, 0.2) is 0 Å². The van der Waals surface area contributed by atoms with Gasteiger partial charge in [-0.3, -0.25) is 9.69 Å². The summed E-state index contributed by atoms with van der Waals surface area (Å²) in [5.41, 5.74) is 4.99. The molecule has 1 heterocycles. The summed E-state index contributed by atoms with van der Waals surface area (Å²) in [7, 11) is 0. The van der Waals surface area contributed by atoms with Crippen LogP contribution in [0, 0.1) is 5.92 Å². The molecule has 1 atom stereocenters. The van der Waals surface area contributed by atoms with Gasteiger partial charge in [-0.2, -0.15) is 0 Å². The molecule has 1 aliphatic carbocycles. The maximum atomic E-state index is 11.3. The summed E-state index contributed by atoms with van der Waals surface area (Å²) >= 11 is 0. The van der Waals surface area contributed by atoms with Crippen LogP contribution in [0.1, 0.15) is 19.3 Å². The van der Waals surface area contributed by atoms with E-state index in [0.29, 0.717) is 13.2 Å². The first-order valence-electron chi connectivity index (χ1n) is 5.95. The fourth-order valence-electron chi connectivity index (χ4n) is 2.30. The molecule has 0 spiro atoms. The zero-order valence-corrected chi connectivity index (χ0v) is 9.52. The van der Waals surface area contributed by atoms with Crippen LogP contribution >= 0.6 is 0 Å². The molecule has 0 aromatic heterocycles. The summed E-state index contributed by atoms with van der Waals surface area (Å²) in [6.45, 7) is 3.58. The van der Waals surface area contributed by atoms with Gasteiger partial charge in [-0.25, -0.2) is 0 Å². The minimum absolute atomic E-state index is 0.161. The van der Waals surface area contributed by atoms with Crippen molar-refractivity contribution in [1.29, 1.82) is 0 Å². The van der Waals surface area contributed by atoms with Crippen molar-refractivity contribution >= 4 is 5.97 Å². The van der Waals surface area contributed by atoms with Crippen LogP contribution in [0.2, 0.25) is 0 Å². The lowest BCUT2D eigenvalue weighted by Gasteiger charge is -2.31. The third-order valence-electron chi connectivity index (χ3n) is 3.50. The van der Waals surface area contributed by atoms with Crippen LogP contribution in [-0.4, -0.2) is 54.4 Å². The van der Waals surface area contributed by atoms with Gasteiger partial charge in [0.25, 0.3) is 0 Å². The Labute approximate surface area is 95.5 Å². The molecule has 2 fully saturated rings. The standard InChI is InChI=1S/C11H20N2O3/c12-11(10(14)15,9-2-3-9)8-13-4-1-6-16-7-5-13/h9H,1-8,12H2,(H,14,15). The predicted octanol–water partition coefficient (Wildman–Crippen LogP) is -0.0992. The van der Waals surface area contributed by atoms with Crippen LogP contribution in [-0.2, 0) is 9.53 Å². The summed E-state index contributed by atoms with van der Waals surface area (Å²) in [6.07, 6.45) is 2.86. The van der Waals surface area contributed by atoms with E-state index >= 15 is 0 Å². The van der Waals surface area contributed by atoms with E-state index in [1.165, 1.54) is 0 Å². The van der Waals surface area contributed by atoms with Crippen LogP contribution in [0.25, 0.3) is 0 Å². The van der Waals surface area contributed by atoms with Crippen molar-refractivity contribution in [2.45, 2.75) is 24.8 Å². The SMILES string of the molecule is NC(CN1CCCOCC1)(C(=O)O)C1CC1. The molecule has 5 heteroatoms. The summed E-state index contributed by atoms with van der Waals surface area (Å²) in [5.74, 6) is -0.700. The first kappa shape index (κ1) is 11.8. The molecule has 1 saturated carbocycles. The van der Waals surface area contributed by atoms with Crippen LogP contribution in [0.4, 0.5) is 0 Å². The maximum absolute atomic E-state index is 11.3. The summed E-state index contributed by atoms with van der Waals surface area (Å²) in [5, 5.41) is 9.26. The highest BCUT2D eigenvalue weighted by atomic mass is 16.5. The van der Waals surface area contributed by atoms with Crippen LogP contribution < -0.4 is 5.73 Å². The van der Waals surface area contributed by atoms with Crippen molar-refractivity contribution in [3.63, 3.8) is 0 Å². The van der Waals surface area contributed by atoms with Gasteiger partial charge >= 0.3 is 5.97 Å². The fraction of sp³-hybridized carbons (Fsp3) is 0.909. The van der Waals surface area contributed by atoms with E-state index in [2.05, 4.69) is 4.90 Å². The zero-order chi connectivity index (χ0) is 11.6. The Hall–Kier alpha value is -0.650. The van der Waals surface area contributed by atoms with E-state index < -0.39 is 11.5 Å². The summed E-state index contributed by atoms with van der Waals surface area (Å²) in [4.78, 5) is 13.4. The van der Waals surface area contributed by atoms with Crippen molar-refractivity contribution in [3.8, 4) is 0 Å². The highest BCUT2D eigenvalue weighted by Crippen LogP contribution is 2.39. The molecule has 0 aromatic rings. The van der Waals surface area contributed by atoms with Gasteiger partial charge in [0.05, 0.1) is 6.61 Å². The largest absolute Gasteiger partial charge is 0.480 e. The monoisotopic (exact) mass is 228 g/mol. The molecular formula is C11H20N2O3. The Morgan fingerprint density at radius 3 is 2.81 bits per heavy atom. The molecule has 5 nitrogen and oxygen atoms in total. The number of carboxylic acid groups (broad SMARTS) is 1. The van der Waals surface area contributed by atoms with E-state index in [4.69, 9.17) is 10.5 Å². The number of nitrogens with two attached hydrogens (primary N) is 1. The van der Waals surface area contributed by atoms with Gasteiger partial charge in [-0.05, 0) is 25.2 Å². The topological polar surface area (TPSA) is 75.8 Å². The molecular weight excluding hydrogens is 208 g/mol. The number of rotatable bonds is 4. The molecule has 1 aliphatic heterocycles. The Balaban J connectivity index is 1.96. The van der Waals surface area contributed by atoms with Crippen molar-refractivity contribution in [2.24, 2.45) is 11.7 Å². The third-order valence-corrected chi connectivity index (χ3v) is 3.50. The first-order valence-corrected chi connectivity index (χ1v) is 5.95. The third kappa shape index (κ3) is 2.53. The lowest BCUT2D eigenvalue weighted by Crippen LogP contribution is -2.58. The number of carbonyl (C=O) groups is 1. The van der Waals surface area contributed by atoms with Gasteiger partial charge in [0, 0.05) is 26.2 Å². The van der Waals surface area contributed by atoms with Crippen LogP contribution in [0.3, 0.4) is 0 Å². The quantitative estimate of drug-likeness (QED) is 0.703. The Bertz CT molecular complexity index is 260. The molecule has 0 bridgehead atoms. The molecule has 0 amide bonds. The highest BCUT2D eigenvalue weighted by molar-refractivity contribution is 5.79. The lowest BCUT2D eigenvalue weighted by molar-refractivity contribution is -0.145. The van der Waals surface area contributed by atoms with Crippen molar-refractivity contribution in [2.75, 3.05) is 32.8 Å². The van der Waals surface area contributed by atoms with Gasteiger partial charge < -0.3 is 15.6 Å². The van der Waals surface area contributed by atoms with Crippen molar-refractivity contribution in [1.82, 2.24) is 4.90 Å². The second-order valence-corrected chi connectivity index (χ2v) is 4.86. The van der Waals surface area contributed by atoms with E-state index in [9.17, 15) is 9.90 Å². The molecule has 1 unspecified atom stereocenters. The van der Waals surface area contributed by atoms with Crippen molar-refractivity contribution in [3.05, 3.63) is 0 Å². The van der Waals surface area contributed by atoms with Gasteiger partial charge in [-0.1, -0.05) is 0 Å². The Kier molecular flexibility index (Phi) is 3.47. The molecule has 2 rings (SSSR count). The predicted molar refractivity (Wildman–Crippen MR) is 59.2 cm³/mol. The average Bonchev–Trinajstić information content (AvgIpc) is 3.05. The van der Waals surface area contributed by atoms with Gasteiger partial charge in [0.1, 0.15) is 5.54 Å². The summed E-state index contributed by atoms with van der Waals surface area (Å²) in [6, 6.07) is 0. The number of hydrogen-bond acceptors (Lipinski definition) is 4. The normalized spacial score (nSPS) is 27.1. The average molecular weight is 228 g/mol. The number of nitrogens with zero attached hydrogens (tertiary/aromatic N) is 1. The number of hydrogen-bond donors (Lipinski definition) is 2. The number of ether oxygens (including phenoxy) is 1. The fourth-order valence-corrected chi connectivity index (χ4v) is 2.30. The number of aliphatic carboxylic acids is 1. The zero-order valence-electron chi connectivity index (χ0n) is 9.52. The van der Waals surface area contributed by atoms with E-state index in [0.717, 1.165) is 39.0 Å². The van der Waals surface area contributed by atoms with Crippen molar-refractivity contribution < 1.29 is 14.6 Å². The molecule has 0 radical (unpaired) electrons. The molecule has 16 heavy (non-hydrogen) atoms. The summed E-state index contributed by atoms with van der Waals surface area (Å²) < 4.78 is 5.35. The van der Waals surface area contributed by atoms with E-state index in [1.54, 1.807) is 0 Å². The minimum Gasteiger partial charge on any atom is -0.480 e. The smallest absolute Gasteiger partial charge is 0.325 e. The van der Waals surface area contributed by atoms with Gasteiger partial charge in [0.2, 0.25) is 0 Å². The Morgan fingerprint density at radius 2 is 2.19 bits per heavy atom. The van der Waals surface area contributed by atoms with Gasteiger partial charge in [-0.15, -0.1) is 0 Å². The molecule has 1 saturated heterocycles. The van der Waals surface area contributed by atoms with Crippen LogP contribution in [0.15, 0.2) is 0 Å². The Morgan fingerprint density at radius 1 is 1.44 bits per heavy atom. The van der Waals surface area contributed by atoms with E-state index in [1.807, 2.05) is 0 Å². The minimum atomic E-state index is -1.05. The molecule has 2 aliphatic rings. The second kappa shape index (κ2) is 4.69.